The maximum atomic E-state index is 11.9. The number of aromatic nitrogens is 2. The number of urea groups is 1. The summed E-state index contributed by atoms with van der Waals surface area (Å²) in [6.45, 7) is 2.50. The van der Waals surface area contributed by atoms with Gasteiger partial charge in [-0.2, -0.15) is 0 Å². The summed E-state index contributed by atoms with van der Waals surface area (Å²) in [5.41, 5.74) is 2.51. The number of rotatable bonds is 5. The van der Waals surface area contributed by atoms with Gasteiger partial charge in [-0.3, -0.25) is 4.98 Å². The van der Waals surface area contributed by atoms with Crippen molar-refractivity contribution < 1.29 is 4.79 Å². The molecule has 0 fully saturated rings. The fraction of sp³-hybridized carbons (Fsp3) is 0.167. The Labute approximate surface area is 155 Å². The molecule has 0 aliphatic rings. The first-order valence-corrected chi connectivity index (χ1v) is 8.99. The zero-order valence-corrected chi connectivity index (χ0v) is 15.2. The van der Waals surface area contributed by atoms with Crippen molar-refractivity contribution in [2.45, 2.75) is 13.3 Å². The van der Waals surface area contributed by atoms with Gasteiger partial charge in [-0.25, -0.2) is 9.78 Å². The first kappa shape index (κ1) is 17.4. The number of pyridine rings is 1. The molecule has 0 spiro atoms. The summed E-state index contributed by atoms with van der Waals surface area (Å²) in [6.07, 6.45) is 2.48. The number of halogens is 1. The lowest BCUT2D eigenvalue weighted by molar-refractivity contribution is 0.252. The van der Waals surface area contributed by atoms with Gasteiger partial charge in [-0.1, -0.05) is 23.7 Å². The largest absolute Gasteiger partial charge is 0.338 e. The number of nitrogens with one attached hydrogen (secondary N) is 2. The van der Waals surface area contributed by atoms with E-state index in [0.717, 1.165) is 27.7 Å². The van der Waals surface area contributed by atoms with Crippen LogP contribution in [0.5, 0.6) is 0 Å². The van der Waals surface area contributed by atoms with E-state index in [1.54, 1.807) is 41.8 Å². The van der Waals surface area contributed by atoms with E-state index in [9.17, 15) is 4.79 Å². The lowest BCUT2D eigenvalue weighted by atomic mass is 10.3. The van der Waals surface area contributed by atoms with E-state index >= 15 is 0 Å². The van der Waals surface area contributed by atoms with Gasteiger partial charge in [0.25, 0.3) is 0 Å². The Morgan fingerprint density at radius 2 is 2.12 bits per heavy atom. The van der Waals surface area contributed by atoms with Crippen LogP contribution in [-0.4, -0.2) is 22.5 Å². The maximum Gasteiger partial charge on any atom is 0.319 e. The molecule has 0 saturated heterocycles. The number of amides is 2. The molecule has 2 heterocycles. The van der Waals surface area contributed by atoms with Crippen molar-refractivity contribution in [1.29, 1.82) is 0 Å². The van der Waals surface area contributed by atoms with Crippen molar-refractivity contribution in [3.8, 4) is 10.7 Å². The van der Waals surface area contributed by atoms with Gasteiger partial charge in [0.15, 0.2) is 0 Å². The Kier molecular flexibility index (Phi) is 5.63. The first-order chi connectivity index (χ1) is 12.1. The van der Waals surface area contributed by atoms with Crippen LogP contribution in [0.4, 0.5) is 10.5 Å². The SMILES string of the molecule is Cc1nc(-c2ccccn2)sc1CCNC(=O)Nc1cccc(Cl)c1. The number of thiazole rings is 1. The van der Waals surface area contributed by atoms with E-state index in [1.807, 2.05) is 25.1 Å². The molecule has 2 amide bonds. The Hall–Kier alpha value is -2.44. The van der Waals surface area contributed by atoms with Crippen LogP contribution in [-0.2, 0) is 6.42 Å². The minimum Gasteiger partial charge on any atom is -0.338 e. The zero-order valence-electron chi connectivity index (χ0n) is 13.6. The number of benzene rings is 1. The highest BCUT2D eigenvalue weighted by molar-refractivity contribution is 7.15. The predicted octanol–water partition coefficient (Wildman–Crippen LogP) is 4.53. The monoisotopic (exact) mass is 372 g/mol. The molecule has 0 radical (unpaired) electrons. The Morgan fingerprint density at radius 1 is 1.24 bits per heavy atom. The molecule has 2 aromatic heterocycles. The van der Waals surface area contributed by atoms with Crippen molar-refractivity contribution in [2.24, 2.45) is 0 Å². The topological polar surface area (TPSA) is 66.9 Å². The Bertz CT molecular complexity index is 867. The lowest BCUT2D eigenvalue weighted by Gasteiger charge is -2.07. The number of hydrogen-bond acceptors (Lipinski definition) is 4. The summed E-state index contributed by atoms with van der Waals surface area (Å²) >= 11 is 7.51. The van der Waals surface area contributed by atoms with Crippen molar-refractivity contribution in [1.82, 2.24) is 15.3 Å². The average molecular weight is 373 g/mol. The van der Waals surface area contributed by atoms with Gasteiger partial charge < -0.3 is 10.6 Å². The molecule has 25 heavy (non-hydrogen) atoms. The standard InChI is InChI=1S/C18H17ClN4OS/c1-12-16(25-17(22-12)15-7-2-3-9-20-15)8-10-21-18(24)23-14-6-4-5-13(19)11-14/h2-7,9,11H,8,10H2,1H3,(H2,21,23,24). The highest BCUT2D eigenvalue weighted by Crippen LogP contribution is 2.26. The number of aryl methyl sites for hydroxylation is 1. The molecule has 0 atom stereocenters. The number of carbonyl (C=O) groups excluding carboxylic acids is 1. The zero-order chi connectivity index (χ0) is 17.6. The van der Waals surface area contributed by atoms with Gasteiger partial charge in [-0.15, -0.1) is 11.3 Å². The number of hydrogen-bond donors (Lipinski definition) is 2. The molecule has 0 bridgehead atoms. The van der Waals surface area contributed by atoms with Gasteiger partial charge in [0, 0.05) is 34.7 Å². The van der Waals surface area contributed by atoms with Crippen LogP contribution < -0.4 is 10.6 Å². The van der Waals surface area contributed by atoms with Crippen molar-refractivity contribution in [3.63, 3.8) is 0 Å². The van der Waals surface area contributed by atoms with E-state index < -0.39 is 0 Å². The molecule has 128 valence electrons. The molecular formula is C18H17ClN4OS. The predicted molar refractivity (Wildman–Crippen MR) is 102 cm³/mol. The summed E-state index contributed by atoms with van der Waals surface area (Å²) in [7, 11) is 0. The minimum absolute atomic E-state index is 0.255. The first-order valence-electron chi connectivity index (χ1n) is 7.80. The number of carbonyl (C=O) groups is 1. The van der Waals surface area contributed by atoms with E-state index in [1.165, 1.54) is 0 Å². The lowest BCUT2D eigenvalue weighted by Crippen LogP contribution is -2.30. The van der Waals surface area contributed by atoms with Crippen molar-refractivity contribution in [2.75, 3.05) is 11.9 Å². The summed E-state index contributed by atoms with van der Waals surface area (Å²) < 4.78 is 0. The minimum atomic E-state index is -0.255. The van der Waals surface area contributed by atoms with E-state index in [-0.39, 0.29) is 6.03 Å². The summed E-state index contributed by atoms with van der Waals surface area (Å²) in [6, 6.07) is 12.6. The summed E-state index contributed by atoms with van der Waals surface area (Å²) in [5.74, 6) is 0. The number of anilines is 1. The highest BCUT2D eigenvalue weighted by atomic mass is 35.5. The average Bonchev–Trinajstić information content (AvgIpc) is 2.97. The molecule has 3 rings (SSSR count). The van der Waals surface area contributed by atoms with Crippen molar-refractivity contribution in [3.05, 3.63) is 64.3 Å². The summed E-state index contributed by atoms with van der Waals surface area (Å²) in [5, 5.41) is 7.09. The van der Waals surface area contributed by atoms with Crippen LogP contribution in [0.25, 0.3) is 10.7 Å². The smallest absolute Gasteiger partial charge is 0.319 e. The van der Waals surface area contributed by atoms with E-state index in [2.05, 4.69) is 20.6 Å². The highest BCUT2D eigenvalue weighted by Gasteiger charge is 2.10. The molecule has 0 aliphatic heterocycles. The molecule has 3 aromatic rings. The Morgan fingerprint density at radius 3 is 2.88 bits per heavy atom. The third-order valence-electron chi connectivity index (χ3n) is 3.50. The van der Waals surface area contributed by atoms with Crippen LogP contribution in [0.15, 0.2) is 48.7 Å². The van der Waals surface area contributed by atoms with E-state index in [0.29, 0.717) is 17.3 Å². The second kappa shape index (κ2) is 8.09. The van der Waals surface area contributed by atoms with Crippen LogP contribution >= 0.6 is 22.9 Å². The third kappa shape index (κ3) is 4.78. The van der Waals surface area contributed by atoms with Crippen LogP contribution in [0, 0.1) is 6.92 Å². The molecule has 0 saturated carbocycles. The fourth-order valence-electron chi connectivity index (χ4n) is 2.29. The molecule has 1 aromatic carbocycles. The molecule has 7 heteroatoms. The second-order valence-electron chi connectivity index (χ2n) is 5.38. The quantitative estimate of drug-likeness (QED) is 0.691. The van der Waals surface area contributed by atoms with Crippen molar-refractivity contribution >= 4 is 34.7 Å². The maximum absolute atomic E-state index is 11.9. The van der Waals surface area contributed by atoms with Gasteiger partial charge in [-0.05, 0) is 37.3 Å². The fourth-order valence-corrected chi connectivity index (χ4v) is 3.52. The molecule has 2 N–H and O–H groups in total. The third-order valence-corrected chi connectivity index (χ3v) is 4.97. The molecule has 0 unspecified atom stereocenters. The second-order valence-corrected chi connectivity index (χ2v) is 6.90. The Balaban J connectivity index is 1.54. The van der Waals surface area contributed by atoms with E-state index in [4.69, 9.17) is 11.6 Å². The van der Waals surface area contributed by atoms with Gasteiger partial charge >= 0.3 is 6.03 Å². The molecule has 5 nitrogen and oxygen atoms in total. The van der Waals surface area contributed by atoms with Crippen LogP contribution in [0.3, 0.4) is 0 Å². The van der Waals surface area contributed by atoms with Crippen LogP contribution in [0.1, 0.15) is 10.6 Å². The summed E-state index contributed by atoms with van der Waals surface area (Å²) in [4.78, 5) is 22.0. The molecule has 0 aliphatic carbocycles. The van der Waals surface area contributed by atoms with Gasteiger partial charge in [0.1, 0.15) is 5.01 Å². The normalized spacial score (nSPS) is 10.5. The van der Waals surface area contributed by atoms with Gasteiger partial charge in [0.05, 0.1) is 11.4 Å². The number of nitrogens with zero attached hydrogens (tertiary/aromatic N) is 2. The van der Waals surface area contributed by atoms with Crippen LogP contribution in [0.2, 0.25) is 5.02 Å². The molecular weight excluding hydrogens is 356 g/mol. The van der Waals surface area contributed by atoms with Gasteiger partial charge in [0.2, 0.25) is 0 Å².